The van der Waals surface area contributed by atoms with E-state index < -0.39 is 11.5 Å². The minimum Gasteiger partial charge on any atom is -0.493 e. The van der Waals surface area contributed by atoms with E-state index in [1.165, 1.54) is 4.90 Å². The predicted octanol–water partition coefficient (Wildman–Crippen LogP) is 4.83. The zero-order valence-electron chi connectivity index (χ0n) is 19.9. The van der Waals surface area contributed by atoms with Gasteiger partial charge in [-0.25, -0.2) is 0 Å². The minimum atomic E-state index is -1.93. The Hall–Kier alpha value is -3.64. The molecule has 0 aromatic heterocycles. The molecule has 0 saturated carbocycles. The first kappa shape index (κ1) is 23.5. The van der Waals surface area contributed by atoms with Crippen molar-refractivity contribution >= 4 is 17.4 Å². The molecule has 6 heteroatoms. The Morgan fingerprint density at radius 1 is 0.971 bits per heavy atom. The lowest BCUT2D eigenvalue weighted by Crippen LogP contribution is -2.41. The quantitative estimate of drug-likeness (QED) is 0.488. The van der Waals surface area contributed by atoms with Gasteiger partial charge in [0.2, 0.25) is 0 Å². The number of fused-ring (bicyclic) bond motifs is 1. The van der Waals surface area contributed by atoms with E-state index in [9.17, 15) is 14.7 Å². The Morgan fingerprint density at radius 3 is 2.29 bits per heavy atom. The SMILES string of the molecule is COc1ccc(CN2C(=O)C(O)(CC(=O)c3ccc(C(C)C)cc3)c3ccccc32)cc1OC. The summed E-state index contributed by atoms with van der Waals surface area (Å²) in [6.07, 6.45) is -0.327. The van der Waals surface area contributed by atoms with E-state index in [2.05, 4.69) is 13.8 Å². The van der Waals surface area contributed by atoms with Gasteiger partial charge in [-0.1, -0.05) is 62.4 Å². The van der Waals surface area contributed by atoms with Crippen LogP contribution in [0, 0.1) is 0 Å². The molecule has 3 aromatic rings. The number of anilines is 1. The molecular formula is C28H29NO5. The van der Waals surface area contributed by atoms with E-state index in [0.29, 0.717) is 34.2 Å². The van der Waals surface area contributed by atoms with Crippen LogP contribution < -0.4 is 14.4 Å². The van der Waals surface area contributed by atoms with Crippen molar-refractivity contribution in [2.24, 2.45) is 0 Å². The van der Waals surface area contributed by atoms with Crippen LogP contribution in [0.4, 0.5) is 5.69 Å². The van der Waals surface area contributed by atoms with Crippen LogP contribution in [0.25, 0.3) is 0 Å². The van der Waals surface area contributed by atoms with Gasteiger partial charge in [-0.3, -0.25) is 9.59 Å². The van der Waals surface area contributed by atoms with Gasteiger partial charge in [0.15, 0.2) is 22.9 Å². The van der Waals surface area contributed by atoms with Gasteiger partial charge in [0.05, 0.1) is 32.9 Å². The molecule has 1 atom stereocenters. The Kier molecular flexibility index (Phi) is 6.44. The molecule has 0 spiro atoms. The lowest BCUT2D eigenvalue weighted by Gasteiger charge is -2.23. The summed E-state index contributed by atoms with van der Waals surface area (Å²) in [5, 5.41) is 11.6. The van der Waals surface area contributed by atoms with E-state index in [1.54, 1.807) is 56.7 Å². The second-order valence-corrected chi connectivity index (χ2v) is 8.83. The smallest absolute Gasteiger partial charge is 0.264 e. The highest BCUT2D eigenvalue weighted by atomic mass is 16.5. The van der Waals surface area contributed by atoms with Gasteiger partial charge >= 0.3 is 0 Å². The van der Waals surface area contributed by atoms with Crippen molar-refractivity contribution in [1.29, 1.82) is 0 Å². The Balaban J connectivity index is 1.63. The topological polar surface area (TPSA) is 76.1 Å². The lowest BCUT2D eigenvalue weighted by molar-refractivity contribution is -0.136. The van der Waals surface area contributed by atoms with E-state index in [4.69, 9.17) is 9.47 Å². The first-order valence-corrected chi connectivity index (χ1v) is 11.3. The van der Waals surface area contributed by atoms with Crippen molar-refractivity contribution in [1.82, 2.24) is 0 Å². The van der Waals surface area contributed by atoms with Crippen molar-refractivity contribution < 1.29 is 24.2 Å². The average Bonchev–Trinajstić information content (AvgIpc) is 3.05. The molecule has 176 valence electrons. The summed E-state index contributed by atoms with van der Waals surface area (Å²) >= 11 is 0. The average molecular weight is 460 g/mol. The van der Waals surface area contributed by atoms with Crippen LogP contribution in [0.1, 0.15) is 53.2 Å². The number of rotatable bonds is 8. The third-order valence-electron chi connectivity index (χ3n) is 6.34. The summed E-state index contributed by atoms with van der Waals surface area (Å²) in [7, 11) is 3.11. The molecule has 0 aliphatic carbocycles. The molecule has 0 fully saturated rings. The number of benzene rings is 3. The number of carbonyl (C=O) groups excluding carboxylic acids is 2. The zero-order valence-corrected chi connectivity index (χ0v) is 19.9. The molecule has 1 N–H and O–H groups in total. The fourth-order valence-corrected chi connectivity index (χ4v) is 4.38. The number of nitrogens with zero attached hydrogens (tertiary/aromatic N) is 1. The summed E-state index contributed by atoms with van der Waals surface area (Å²) < 4.78 is 10.7. The van der Waals surface area contributed by atoms with E-state index >= 15 is 0 Å². The van der Waals surface area contributed by atoms with Crippen LogP contribution in [0.3, 0.4) is 0 Å². The largest absolute Gasteiger partial charge is 0.493 e. The van der Waals surface area contributed by atoms with Gasteiger partial charge in [0.25, 0.3) is 5.91 Å². The number of carbonyl (C=O) groups is 2. The highest BCUT2D eigenvalue weighted by molar-refractivity contribution is 6.10. The highest BCUT2D eigenvalue weighted by Crippen LogP contribution is 2.44. The van der Waals surface area contributed by atoms with Gasteiger partial charge in [-0.05, 0) is 35.2 Å². The molecule has 0 bridgehead atoms. The minimum absolute atomic E-state index is 0.218. The number of para-hydroxylation sites is 1. The van der Waals surface area contributed by atoms with Crippen LogP contribution in [-0.4, -0.2) is 31.0 Å². The highest BCUT2D eigenvalue weighted by Gasteiger charge is 2.50. The molecule has 1 unspecified atom stereocenters. The first-order valence-electron chi connectivity index (χ1n) is 11.3. The number of amides is 1. The molecule has 1 amide bonds. The Bertz CT molecular complexity index is 1220. The number of ether oxygens (including phenoxy) is 2. The molecule has 1 heterocycles. The van der Waals surface area contributed by atoms with Crippen molar-refractivity contribution in [2.45, 2.75) is 38.3 Å². The van der Waals surface area contributed by atoms with Crippen LogP contribution >= 0.6 is 0 Å². The maximum Gasteiger partial charge on any atom is 0.264 e. The van der Waals surface area contributed by atoms with Crippen LogP contribution in [0.2, 0.25) is 0 Å². The van der Waals surface area contributed by atoms with Crippen LogP contribution in [0.5, 0.6) is 11.5 Å². The summed E-state index contributed by atoms with van der Waals surface area (Å²) in [5.74, 6) is 0.687. The van der Waals surface area contributed by atoms with E-state index in [0.717, 1.165) is 11.1 Å². The number of ketones is 1. The molecule has 1 aliphatic rings. The summed E-state index contributed by atoms with van der Waals surface area (Å²) in [6.45, 7) is 4.39. The van der Waals surface area contributed by atoms with Gasteiger partial charge in [0.1, 0.15) is 0 Å². The predicted molar refractivity (Wildman–Crippen MR) is 131 cm³/mol. The normalized spacial score (nSPS) is 17.1. The zero-order chi connectivity index (χ0) is 24.5. The molecule has 1 aliphatic heterocycles. The molecule has 0 radical (unpaired) electrons. The lowest BCUT2D eigenvalue weighted by atomic mass is 9.87. The molecule has 4 rings (SSSR count). The standard InChI is InChI=1S/C28H29NO5/c1-18(2)20-10-12-21(13-11-20)24(30)16-28(32)22-7-5-6-8-23(22)29(27(28)31)17-19-9-14-25(33-3)26(15-19)34-4/h5-15,18,32H,16-17H2,1-4H3. The fourth-order valence-electron chi connectivity index (χ4n) is 4.38. The van der Waals surface area contributed by atoms with Crippen molar-refractivity contribution in [3.8, 4) is 11.5 Å². The van der Waals surface area contributed by atoms with Crippen LogP contribution in [-0.2, 0) is 16.9 Å². The van der Waals surface area contributed by atoms with Gasteiger partial charge < -0.3 is 19.5 Å². The number of hydrogen-bond donors (Lipinski definition) is 1. The second kappa shape index (κ2) is 9.31. The number of hydrogen-bond acceptors (Lipinski definition) is 5. The number of Topliss-reactive ketones (excluding diaryl/α,β-unsaturated/α-hetero) is 1. The van der Waals surface area contributed by atoms with Crippen molar-refractivity contribution in [2.75, 3.05) is 19.1 Å². The number of aliphatic hydroxyl groups is 1. The summed E-state index contributed by atoms with van der Waals surface area (Å²) in [5.41, 5.74) is 1.50. The maximum absolute atomic E-state index is 13.5. The second-order valence-electron chi connectivity index (χ2n) is 8.83. The van der Waals surface area contributed by atoms with Gasteiger partial charge in [-0.2, -0.15) is 0 Å². The van der Waals surface area contributed by atoms with Crippen LogP contribution in [0.15, 0.2) is 66.7 Å². The maximum atomic E-state index is 13.5. The monoisotopic (exact) mass is 459 g/mol. The number of methoxy groups -OCH3 is 2. The molecule has 6 nitrogen and oxygen atoms in total. The summed E-state index contributed by atoms with van der Waals surface area (Å²) in [4.78, 5) is 28.2. The van der Waals surface area contributed by atoms with Crippen molar-refractivity contribution in [3.05, 3.63) is 89.0 Å². The summed E-state index contributed by atoms with van der Waals surface area (Å²) in [6, 6.07) is 19.8. The molecule has 3 aromatic carbocycles. The van der Waals surface area contributed by atoms with Gasteiger partial charge in [0, 0.05) is 11.1 Å². The van der Waals surface area contributed by atoms with E-state index in [-0.39, 0.29) is 18.7 Å². The van der Waals surface area contributed by atoms with Gasteiger partial charge in [-0.15, -0.1) is 0 Å². The fraction of sp³-hybridized carbons (Fsp3) is 0.286. The van der Waals surface area contributed by atoms with E-state index in [1.807, 2.05) is 24.3 Å². The van der Waals surface area contributed by atoms with Crippen molar-refractivity contribution in [3.63, 3.8) is 0 Å². The first-order chi connectivity index (χ1) is 16.3. The Morgan fingerprint density at radius 2 is 1.65 bits per heavy atom. The molecule has 0 saturated heterocycles. The third kappa shape index (κ3) is 4.17. The Labute approximate surface area is 199 Å². The molecular weight excluding hydrogens is 430 g/mol. The third-order valence-corrected chi connectivity index (χ3v) is 6.34. The molecule has 34 heavy (non-hydrogen) atoms.